The molecule has 3 atom stereocenters. The van der Waals surface area contributed by atoms with E-state index in [2.05, 4.69) is 129 Å². The molecule has 0 heterocycles. The Kier molecular flexibility index (Phi) is 56.2. The van der Waals surface area contributed by atoms with Gasteiger partial charge in [0.15, 0.2) is 0 Å². The molecule has 0 aliphatic heterocycles. The fraction of sp³-hybridized carbons (Fsp3) is 0.696. The molecular weight excluding hydrogens is 984 g/mol. The van der Waals surface area contributed by atoms with E-state index >= 15 is 0 Å². The SMILES string of the molecule is CC/C=C\C/C=C\C/C=C\C/C=C\C/C=C\C/C=C\C/C=C\C/C=C\CCCCCCCCCCCCCCCCC(=O)NC(COP(=O)([O-])OCC[N+](C)(C)C)C(O)/C=C/CC/C=C/CCCCCCCCCCCCC. The molecule has 0 aromatic carbocycles. The number of phosphoric acid groups is 1. The second-order valence-corrected chi connectivity index (χ2v) is 23.8. The number of hydrogen-bond acceptors (Lipinski definition) is 6. The van der Waals surface area contributed by atoms with E-state index in [1.165, 1.54) is 148 Å². The third-order valence-corrected chi connectivity index (χ3v) is 14.6. The molecule has 78 heavy (non-hydrogen) atoms. The third kappa shape index (κ3) is 60.5. The molecule has 0 aromatic rings. The van der Waals surface area contributed by atoms with Gasteiger partial charge in [-0.1, -0.05) is 277 Å². The largest absolute Gasteiger partial charge is 0.756 e. The number of phosphoric ester groups is 1. The van der Waals surface area contributed by atoms with Crippen molar-refractivity contribution < 1.29 is 32.9 Å². The molecule has 0 aliphatic carbocycles. The van der Waals surface area contributed by atoms with Gasteiger partial charge in [0.05, 0.1) is 39.9 Å². The van der Waals surface area contributed by atoms with E-state index in [1.807, 2.05) is 27.2 Å². The van der Waals surface area contributed by atoms with Crippen LogP contribution in [0.5, 0.6) is 0 Å². The van der Waals surface area contributed by atoms with Crippen LogP contribution in [0.15, 0.2) is 122 Å². The minimum atomic E-state index is -4.61. The minimum Gasteiger partial charge on any atom is -0.756 e. The molecule has 0 saturated heterocycles. The molecule has 0 fully saturated rings. The second kappa shape index (κ2) is 58.6. The number of hydrogen-bond donors (Lipinski definition) is 2. The third-order valence-electron chi connectivity index (χ3n) is 13.7. The summed E-state index contributed by atoms with van der Waals surface area (Å²) in [6, 6.07) is -0.910. The molecule has 8 nitrogen and oxygen atoms in total. The highest BCUT2D eigenvalue weighted by atomic mass is 31.2. The number of aliphatic hydroxyl groups is 1. The summed E-state index contributed by atoms with van der Waals surface area (Å²) in [5.41, 5.74) is 0. The lowest BCUT2D eigenvalue weighted by atomic mass is 10.0. The Balaban J connectivity index is 4.09. The topological polar surface area (TPSA) is 108 Å². The number of amides is 1. The molecule has 0 radical (unpaired) electrons. The number of quaternary nitrogens is 1. The van der Waals surface area contributed by atoms with Gasteiger partial charge >= 0.3 is 0 Å². The molecule has 3 unspecified atom stereocenters. The number of rotatable bonds is 57. The molecule has 448 valence electrons. The fourth-order valence-electron chi connectivity index (χ4n) is 8.71. The van der Waals surface area contributed by atoms with Crippen molar-refractivity contribution >= 4 is 13.7 Å². The summed E-state index contributed by atoms with van der Waals surface area (Å²) in [5.74, 6) is -0.211. The summed E-state index contributed by atoms with van der Waals surface area (Å²) in [5, 5.41) is 13.9. The Morgan fingerprint density at radius 3 is 1.19 bits per heavy atom. The average molecular weight is 1110 g/mol. The van der Waals surface area contributed by atoms with Crippen LogP contribution in [0.1, 0.15) is 258 Å². The van der Waals surface area contributed by atoms with Crippen molar-refractivity contribution in [2.45, 2.75) is 270 Å². The zero-order valence-electron chi connectivity index (χ0n) is 51.1. The molecule has 0 aromatic heterocycles. The van der Waals surface area contributed by atoms with Crippen LogP contribution in [-0.2, 0) is 18.4 Å². The maximum absolute atomic E-state index is 13.0. The van der Waals surface area contributed by atoms with Crippen LogP contribution in [-0.4, -0.2) is 68.5 Å². The molecule has 0 aliphatic rings. The first-order valence-corrected chi connectivity index (χ1v) is 33.4. The van der Waals surface area contributed by atoms with E-state index in [0.29, 0.717) is 17.4 Å². The molecule has 0 saturated carbocycles. The fourth-order valence-corrected chi connectivity index (χ4v) is 9.44. The van der Waals surface area contributed by atoms with Gasteiger partial charge in [0.25, 0.3) is 7.82 Å². The number of carbonyl (C=O) groups excluding carboxylic acids is 1. The number of aliphatic hydroxyl groups excluding tert-OH is 1. The van der Waals surface area contributed by atoms with E-state index in [-0.39, 0.29) is 12.5 Å². The van der Waals surface area contributed by atoms with Crippen LogP contribution >= 0.6 is 7.82 Å². The smallest absolute Gasteiger partial charge is 0.268 e. The van der Waals surface area contributed by atoms with Crippen LogP contribution in [0.4, 0.5) is 0 Å². The number of nitrogens with one attached hydrogen (secondary N) is 1. The van der Waals surface area contributed by atoms with Crippen LogP contribution in [0.2, 0.25) is 0 Å². The van der Waals surface area contributed by atoms with Crippen molar-refractivity contribution in [1.82, 2.24) is 5.32 Å². The van der Waals surface area contributed by atoms with Crippen molar-refractivity contribution in [2.75, 3.05) is 40.9 Å². The first-order valence-electron chi connectivity index (χ1n) is 31.9. The maximum atomic E-state index is 13.0. The van der Waals surface area contributed by atoms with E-state index in [1.54, 1.807) is 6.08 Å². The van der Waals surface area contributed by atoms with Crippen molar-refractivity contribution in [3.63, 3.8) is 0 Å². The summed E-state index contributed by atoms with van der Waals surface area (Å²) < 4.78 is 23.4. The first kappa shape index (κ1) is 74.9. The molecular formula is C69H121N2O6P. The Morgan fingerprint density at radius 2 is 0.795 bits per heavy atom. The Hall–Kier alpha value is -3.10. The van der Waals surface area contributed by atoms with Crippen LogP contribution in [0, 0.1) is 0 Å². The summed E-state index contributed by atoms with van der Waals surface area (Å²) in [6.07, 6.45) is 87.3. The van der Waals surface area contributed by atoms with Crippen LogP contribution < -0.4 is 10.2 Å². The minimum absolute atomic E-state index is 0.0106. The van der Waals surface area contributed by atoms with Gasteiger partial charge in [-0.3, -0.25) is 9.36 Å². The summed E-state index contributed by atoms with van der Waals surface area (Å²) in [7, 11) is 1.24. The Morgan fingerprint density at radius 1 is 0.462 bits per heavy atom. The summed E-state index contributed by atoms with van der Waals surface area (Å²) in [6.45, 7) is 4.51. The lowest BCUT2D eigenvalue weighted by molar-refractivity contribution is -0.870. The van der Waals surface area contributed by atoms with Crippen LogP contribution in [0.25, 0.3) is 0 Å². The van der Waals surface area contributed by atoms with Gasteiger partial charge in [0.2, 0.25) is 5.91 Å². The lowest BCUT2D eigenvalue weighted by Gasteiger charge is -2.29. The normalized spacial score (nSPS) is 14.6. The standard InChI is InChI=1S/C69H121N2O6P/c1-6-8-10-12-14-16-18-20-22-24-25-26-27-28-29-30-31-32-33-34-35-36-37-38-39-40-41-42-43-44-45-47-49-51-53-55-57-59-61-63-69(73)70-67(66-77-78(74,75)76-65-64-71(3,4)5)68(72)62-60-58-56-54-52-50-48-46-23-21-19-17-15-13-11-9-7-2/h8,10,14,16,20,22,25-26,28-29,31-32,34-35,37-38,52,54,60,62,67-68,72H,6-7,9,11-13,15,17-19,21,23-24,27,30,33,36,39-51,53,55-59,61,63-66H2,1-5H3,(H-,70,73,74,75)/b10-8-,16-14-,22-20-,26-25-,29-28-,32-31-,35-34-,38-37-,54-52+,62-60+. The summed E-state index contributed by atoms with van der Waals surface area (Å²) in [4.78, 5) is 25.5. The van der Waals surface area contributed by atoms with Crippen molar-refractivity contribution in [2.24, 2.45) is 0 Å². The Bertz CT molecular complexity index is 1680. The highest BCUT2D eigenvalue weighted by Gasteiger charge is 2.23. The number of nitrogens with zero attached hydrogens (tertiary/aromatic N) is 1. The van der Waals surface area contributed by atoms with E-state index in [0.717, 1.165) is 89.9 Å². The monoisotopic (exact) mass is 1100 g/mol. The number of unbranched alkanes of at least 4 members (excludes halogenated alkanes) is 26. The lowest BCUT2D eigenvalue weighted by Crippen LogP contribution is -2.45. The average Bonchev–Trinajstić information content (AvgIpc) is 3.40. The highest BCUT2D eigenvalue weighted by Crippen LogP contribution is 2.38. The summed E-state index contributed by atoms with van der Waals surface area (Å²) >= 11 is 0. The predicted octanol–water partition coefficient (Wildman–Crippen LogP) is 19.5. The maximum Gasteiger partial charge on any atom is 0.268 e. The molecule has 2 N–H and O–H groups in total. The zero-order chi connectivity index (χ0) is 57.0. The van der Waals surface area contributed by atoms with Crippen molar-refractivity contribution in [3.05, 3.63) is 122 Å². The van der Waals surface area contributed by atoms with Gasteiger partial charge in [-0.15, -0.1) is 0 Å². The van der Waals surface area contributed by atoms with Crippen LogP contribution in [0.3, 0.4) is 0 Å². The van der Waals surface area contributed by atoms with Gasteiger partial charge in [0, 0.05) is 6.42 Å². The van der Waals surface area contributed by atoms with Gasteiger partial charge < -0.3 is 28.8 Å². The Labute approximate surface area is 482 Å². The van der Waals surface area contributed by atoms with Crippen molar-refractivity contribution in [3.8, 4) is 0 Å². The van der Waals surface area contributed by atoms with Gasteiger partial charge in [-0.05, 0) is 96.3 Å². The second-order valence-electron chi connectivity index (χ2n) is 22.4. The molecule has 0 rings (SSSR count). The zero-order valence-corrected chi connectivity index (χ0v) is 52.0. The van der Waals surface area contributed by atoms with E-state index in [4.69, 9.17) is 9.05 Å². The van der Waals surface area contributed by atoms with E-state index in [9.17, 15) is 19.4 Å². The number of likely N-dealkylation sites (N-methyl/N-ethyl adjacent to an activating group) is 1. The predicted molar refractivity (Wildman–Crippen MR) is 339 cm³/mol. The van der Waals surface area contributed by atoms with Crippen molar-refractivity contribution in [1.29, 1.82) is 0 Å². The number of allylic oxidation sites excluding steroid dienone is 19. The molecule has 9 heteroatoms. The van der Waals surface area contributed by atoms with Gasteiger partial charge in [-0.2, -0.15) is 0 Å². The van der Waals surface area contributed by atoms with E-state index < -0.39 is 26.6 Å². The first-order chi connectivity index (χ1) is 38.0. The molecule has 1 amide bonds. The molecule has 0 spiro atoms. The quantitative estimate of drug-likeness (QED) is 0.0272. The van der Waals surface area contributed by atoms with Gasteiger partial charge in [0.1, 0.15) is 13.2 Å². The molecule has 0 bridgehead atoms. The highest BCUT2D eigenvalue weighted by molar-refractivity contribution is 7.45. The number of carbonyl (C=O) groups is 1. The van der Waals surface area contributed by atoms with Gasteiger partial charge in [-0.25, -0.2) is 0 Å².